The van der Waals surface area contributed by atoms with Gasteiger partial charge in [-0.2, -0.15) is 0 Å². The Hall–Kier alpha value is -1.35. The van der Waals surface area contributed by atoms with E-state index in [-0.39, 0.29) is 17.9 Å². The lowest BCUT2D eigenvalue weighted by molar-refractivity contribution is -0.142. The van der Waals surface area contributed by atoms with Crippen LogP contribution in [-0.2, 0) is 4.79 Å². The summed E-state index contributed by atoms with van der Waals surface area (Å²) in [6.45, 7) is 0.992. The SMILES string of the molecule is C#CCSCCNC(=O)NCC1CCCC1C(=O)O. The van der Waals surface area contributed by atoms with Crippen molar-refractivity contribution in [2.24, 2.45) is 11.8 Å². The van der Waals surface area contributed by atoms with Gasteiger partial charge in [-0.05, 0) is 18.8 Å². The zero-order chi connectivity index (χ0) is 14.1. The molecule has 106 valence electrons. The van der Waals surface area contributed by atoms with E-state index in [0.717, 1.165) is 18.6 Å². The number of terminal acetylenes is 1. The van der Waals surface area contributed by atoms with Gasteiger partial charge in [-0.25, -0.2) is 4.79 Å². The van der Waals surface area contributed by atoms with E-state index in [1.54, 1.807) is 11.8 Å². The van der Waals surface area contributed by atoms with Crippen LogP contribution in [0.5, 0.6) is 0 Å². The minimum Gasteiger partial charge on any atom is -0.481 e. The average Bonchev–Trinajstić information content (AvgIpc) is 2.84. The van der Waals surface area contributed by atoms with Gasteiger partial charge in [0.2, 0.25) is 0 Å². The minimum atomic E-state index is -0.754. The zero-order valence-corrected chi connectivity index (χ0v) is 11.7. The number of carbonyl (C=O) groups excluding carboxylic acids is 1. The molecule has 1 aliphatic rings. The molecule has 2 atom stereocenters. The molecule has 0 saturated heterocycles. The molecular formula is C13H20N2O3S. The van der Waals surface area contributed by atoms with Gasteiger partial charge in [0.1, 0.15) is 0 Å². The van der Waals surface area contributed by atoms with Crippen LogP contribution >= 0.6 is 11.8 Å². The summed E-state index contributed by atoms with van der Waals surface area (Å²) in [5.74, 6) is 2.92. The third-order valence-electron chi connectivity index (χ3n) is 3.22. The van der Waals surface area contributed by atoms with E-state index in [9.17, 15) is 9.59 Å². The smallest absolute Gasteiger partial charge is 0.314 e. The van der Waals surface area contributed by atoms with Crippen LogP contribution in [0.3, 0.4) is 0 Å². The van der Waals surface area contributed by atoms with Crippen LogP contribution in [0.15, 0.2) is 0 Å². The predicted octanol–water partition coefficient (Wildman–Crippen LogP) is 1.15. The van der Waals surface area contributed by atoms with Crippen LogP contribution < -0.4 is 10.6 Å². The Bertz CT molecular complexity index is 354. The third kappa shape index (κ3) is 5.88. The van der Waals surface area contributed by atoms with Crippen LogP contribution in [-0.4, -0.2) is 41.7 Å². The molecular weight excluding hydrogens is 264 g/mol. The maximum absolute atomic E-state index is 11.5. The van der Waals surface area contributed by atoms with Gasteiger partial charge in [0.05, 0.1) is 11.7 Å². The van der Waals surface area contributed by atoms with Crippen molar-refractivity contribution >= 4 is 23.8 Å². The van der Waals surface area contributed by atoms with E-state index < -0.39 is 5.97 Å². The summed E-state index contributed by atoms with van der Waals surface area (Å²) in [7, 11) is 0. The van der Waals surface area contributed by atoms with Crippen molar-refractivity contribution in [3.05, 3.63) is 0 Å². The maximum Gasteiger partial charge on any atom is 0.314 e. The number of thioether (sulfide) groups is 1. The first kappa shape index (κ1) is 15.7. The first-order chi connectivity index (χ1) is 9.15. The molecule has 0 aromatic heterocycles. The van der Waals surface area contributed by atoms with Crippen LogP contribution in [0.4, 0.5) is 4.79 Å². The number of hydrogen-bond acceptors (Lipinski definition) is 3. The van der Waals surface area contributed by atoms with E-state index in [1.165, 1.54) is 0 Å². The van der Waals surface area contributed by atoms with E-state index in [4.69, 9.17) is 11.5 Å². The fourth-order valence-electron chi connectivity index (χ4n) is 2.26. The Labute approximate surface area is 117 Å². The number of rotatable bonds is 7. The Morgan fingerprint density at radius 2 is 2.16 bits per heavy atom. The van der Waals surface area contributed by atoms with Gasteiger partial charge in [0, 0.05) is 18.8 Å². The number of carboxylic acids is 1. The summed E-state index contributed by atoms with van der Waals surface area (Å²) in [6.07, 6.45) is 7.62. The molecule has 2 amide bonds. The largest absolute Gasteiger partial charge is 0.481 e. The number of amides is 2. The van der Waals surface area contributed by atoms with Gasteiger partial charge < -0.3 is 15.7 Å². The highest BCUT2D eigenvalue weighted by Gasteiger charge is 2.32. The van der Waals surface area contributed by atoms with E-state index >= 15 is 0 Å². The van der Waals surface area contributed by atoms with Crippen molar-refractivity contribution in [3.63, 3.8) is 0 Å². The Morgan fingerprint density at radius 1 is 1.37 bits per heavy atom. The van der Waals surface area contributed by atoms with E-state index in [1.807, 2.05) is 0 Å². The second-order valence-electron chi connectivity index (χ2n) is 4.53. The fourth-order valence-corrected chi connectivity index (χ4v) is 2.77. The third-order valence-corrected chi connectivity index (χ3v) is 4.08. The molecule has 1 saturated carbocycles. The monoisotopic (exact) mass is 284 g/mol. The van der Waals surface area contributed by atoms with Gasteiger partial charge in [-0.1, -0.05) is 12.3 Å². The number of aliphatic carboxylic acids is 1. The molecule has 0 aliphatic heterocycles. The molecule has 5 nitrogen and oxygen atoms in total. The lowest BCUT2D eigenvalue weighted by Gasteiger charge is -2.16. The minimum absolute atomic E-state index is 0.0547. The number of nitrogens with one attached hydrogen (secondary N) is 2. The Morgan fingerprint density at radius 3 is 2.84 bits per heavy atom. The number of hydrogen-bond donors (Lipinski definition) is 3. The van der Waals surface area contributed by atoms with Gasteiger partial charge in [-0.15, -0.1) is 18.2 Å². The molecule has 1 rings (SSSR count). The number of carbonyl (C=O) groups is 2. The molecule has 1 fully saturated rings. The fraction of sp³-hybridized carbons (Fsp3) is 0.692. The van der Waals surface area contributed by atoms with Crippen LogP contribution in [0, 0.1) is 24.2 Å². The van der Waals surface area contributed by atoms with Crippen LogP contribution in [0.25, 0.3) is 0 Å². The second kappa shape index (κ2) is 8.70. The number of urea groups is 1. The molecule has 0 spiro atoms. The van der Waals surface area contributed by atoms with Crippen molar-refractivity contribution in [2.45, 2.75) is 19.3 Å². The second-order valence-corrected chi connectivity index (χ2v) is 5.63. The first-order valence-electron chi connectivity index (χ1n) is 6.41. The Kier molecular flexibility index (Phi) is 7.19. The standard InChI is InChI=1S/C13H20N2O3S/c1-2-7-19-8-6-14-13(18)15-9-10-4-3-5-11(10)12(16)17/h1,10-11H,3-9H2,(H,16,17)(H2,14,15,18). The molecule has 0 aromatic rings. The van der Waals surface area contributed by atoms with Crippen LogP contribution in [0.2, 0.25) is 0 Å². The van der Waals surface area contributed by atoms with E-state index in [2.05, 4.69) is 16.6 Å². The van der Waals surface area contributed by atoms with Crippen molar-refractivity contribution in [1.29, 1.82) is 0 Å². The summed E-state index contributed by atoms with van der Waals surface area (Å²) in [5, 5.41) is 14.5. The molecule has 0 heterocycles. The maximum atomic E-state index is 11.5. The topological polar surface area (TPSA) is 78.4 Å². The predicted molar refractivity (Wildman–Crippen MR) is 76.0 cm³/mol. The highest BCUT2D eigenvalue weighted by molar-refractivity contribution is 7.99. The van der Waals surface area contributed by atoms with Gasteiger partial charge >= 0.3 is 12.0 Å². The molecule has 1 aliphatic carbocycles. The summed E-state index contributed by atoms with van der Waals surface area (Å²) in [4.78, 5) is 22.5. The van der Waals surface area contributed by atoms with Crippen molar-refractivity contribution in [2.75, 3.05) is 24.6 Å². The quantitative estimate of drug-likeness (QED) is 0.484. The molecule has 3 N–H and O–H groups in total. The first-order valence-corrected chi connectivity index (χ1v) is 7.56. The van der Waals surface area contributed by atoms with Gasteiger partial charge in [-0.3, -0.25) is 4.79 Å². The Balaban J connectivity index is 2.13. The van der Waals surface area contributed by atoms with Crippen molar-refractivity contribution in [1.82, 2.24) is 10.6 Å². The van der Waals surface area contributed by atoms with E-state index in [0.29, 0.717) is 25.3 Å². The summed E-state index contributed by atoms with van der Waals surface area (Å²) in [5.41, 5.74) is 0. The van der Waals surface area contributed by atoms with Crippen LogP contribution in [0.1, 0.15) is 19.3 Å². The molecule has 0 bridgehead atoms. The normalized spacial score (nSPS) is 21.6. The lowest BCUT2D eigenvalue weighted by Crippen LogP contribution is -2.40. The summed E-state index contributed by atoms with van der Waals surface area (Å²) < 4.78 is 0. The van der Waals surface area contributed by atoms with Gasteiger partial charge in [0.15, 0.2) is 0 Å². The van der Waals surface area contributed by atoms with Crippen molar-refractivity contribution in [3.8, 4) is 12.3 Å². The lowest BCUT2D eigenvalue weighted by atomic mass is 9.96. The molecule has 0 aromatic carbocycles. The molecule has 19 heavy (non-hydrogen) atoms. The highest BCUT2D eigenvalue weighted by atomic mass is 32.2. The zero-order valence-electron chi connectivity index (χ0n) is 10.9. The molecule has 0 radical (unpaired) electrons. The molecule has 2 unspecified atom stereocenters. The van der Waals surface area contributed by atoms with Gasteiger partial charge in [0.25, 0.3) is 0 Å². The summed E-state index contributed by atoms with van der Waals surface area (Å²) in [6, 6.07) is -0.239. The number of carboxylic acid groups (broad SMARTS) is 1. The summed E-state index contributed by atoms with van der Waals surface area (Å²) >= 11 is 1.59. The average molecular weight is 284 g/mol. The highest BCUT2D eigenvalue weighted by Crippen LogP contribution is 2.31. The van der Waals surface area contributed by atoms with Crippen molar-refractivity contribution < 1.29 is 14.7 Å². The molecule has 6 heteroatoms.